The summed E-state index contributed by atoms with van der Waals surface area (Å²) in [5, 5.41) is 13.4. The fourth-order valence-corrected chi connectivity index (χ4v) is 3.80. The zero-order valence-corrected chi connectivity index (χ0v) is 16.2. The highest BCUT2D eigenvalue weighted by molar-refractivity contribution is 7.92. The van der Waals surface area contributed by atoms with Crippen LogP contribution in [0, 0.1) is 10.1 Å². The highest BCUT2D eigenvalue weighted by atomic mass is 32.2. The molecule has 9 heteroatoms. The molecule has 0 aliphatic carbocycles. The number of nitrogens with one attached hydrogen (secondary N) is 1. The summed E-state index contributed by atoms with van der Waals surface area (Å²) >= 11 is 0. The van der Waals surface area contributed by atoms with E-state index in [-0.39, 0.29) is 16.1 Å². The summed E-state index contributed by atoms with van der Waals surface area (Å²) < 4.78 is 26.7. The highest BCUT2D eigenvalue weighted by Crippen LogP contribution is 2.23. The number of anilines is 2. The van der Waals surface area contributed by atoms with Crippen molar-refractivity contribution in [2.75, 3.05) is 16.7 Å². The van der Waals surface area contributed by atoms with Crippen LogP contribution in [0.25, 0.3) is 0 Å². The number of rotatable bonds is 6. The Bertz CT molecular complexity index is 1150. The standard InChI is InChI=1S/C20H17N3O5S/c1-22(17-7-3-2-4-8-17)29(27,28)19-12-10-16(11-13-19)21-20(24)15-6-5-9-18(14-15)23(25)26/h2-14H,1H3,(H,21,24). The molecule has 0 aliphatic heterocycles. The molecule has 0 radical (unpaired) electrons. The third-order valence-electron chi connectivity index (χ3n) is 4.21. The summed E-state index contributed by atoms with van der Waals surface area (Å²) in [6.45, 7) is 0. The molecule has 0 unspecified atom stereocenters. The Hall–Kier alpha value is -3.72. The van der Waals surface area contributed by atoms with Crippen LogP contribution >= 0.6 is 0 Å². The predicted octanol–water partition coefficient (Wildman–Crippen LogP) is 3.67. The van der Waals surface area contributed by atoms with Gasteiger partial charge in [0.1, 0.15) is 0 Å². The van der Waals surface area contributed by atoms with Crippen LogP contribution in [0.4, 0.5) is 17.1 Å². The van der Waals surface area contributed by atoms with Crippen molar-refractivity contribution >= 4 is 33.0 Å². The minimum absolute atomic E-state index is 0.0669. The molecule has 0 aromatic heterocycles. The smallest absolute Gasteiger partial charge is 0.270 e. The molecule has 148 valence electrons. The van der Waals surface area contributed by atoms with E-state index in [0.717, 1.165) is 0 Å². The first kappa shape index (κ1) is 20.0. The summed E-state index contributed by atoms with van der Waals surface area (Å²) in [6.07, 6.45) is 0. The van der Waals surface area contributed by atoms with Gasteiger partial charge >= 0.3 is 0 Å². The van der Waals surface area contributed by atoms with Crippen LogP contribution in [0.1, 0.15) is 10.4 Å². The maximum Gasteiger partial charge on any atom is 0.270 e. The van der Waals surface area contributed by atoms with Crippen LogP contribution in [-0.2, 0) is 10.0 Å². The predicted molar refractivity (Wildman–Crippen MR) is 110 cm³/mol. The van der Waals surface area contributed by atoms with Crippen LogP contribution < -0.4 is 9.62 Å². The number of sulfonamides is 1. The molecule has 3 aromatic carbocycles. The molecular formula is C20H17N3O5S. The monoisotopic (exact) mass is 411 g/mol. The highest BCUT2D eigenvalue weighted by Gasteiger charge is 2.21. The molecule has 1 amide bonds. The molecule has 0 aliphatic rings. The molecule has 8 nitrogen and oxygen atoms in total. The first-order valence-electron chi connectivity index (χ1n) is 8.49. The van der Waals surface area contributed by atoms with Gasteiger partial charge in [-0.1, -0.05) is 24.3 Å². The number of carbonyl (C=O) groups is 1. The topological polar surface area (TPSA) is 110 Å². The molecule has 0 saturated heterocycles. The molecule has 0 saturated carbocycles. The zero-order chi connectivity index (χ0) is 21.0. The Morgan fingerprint density at radius 2 is 1.62 bits per heavy atom. The van der Waals surface area contributed by atoms with Crippen LogP contribution in [0.15, 0.2) is 83.8 Å². The average molecular weight is 411 g/mol. The van der Waals surface area contributed by atoms with Gasteiger partial charge in [-0.2, -0.15) is 0 Å². The second-order valence-corrected chi connectivity index (χ2v) is 8.06. The van der Waals surface area contributed by atoms with Crippen LogP contribution in [0.2, 0.25) is 0 Å². The average Bonchev–Trinajstić information content (AvgIpc) is 2.74. The lowest BCUT2D eigenvalue weighted by Crippen LogP contribution is -2.26. The molecule has 0 spiro atoms. The van der Waals surface area contributed by atoms with Crippen LogP contribution in [0.3, 0.4) is 0 Å². The van der Waals surface area contributed by atoms with E-state index in [4.69, 9.17) is 0 Å². The molecule has 0 heterocycles. The van der Waals surface area contributed by atoms with Crippen molar-refractivity contribution in [2.24, 2.45) is 0 Å². The number of amides is 1. The number of para-hydroxylation sites is 1. The molecule has 0 fully saturated rings. The number of nitrogens with zero attached hydrogens (tertiary/aromatic N) is 2. The quantitative estimate of drug-likeness (QED) is 0.492. The van der Waals surface area contributed by atoms with Gasteiger partial charge in [0, 0.05) is 30.4 Å². The van der Waals surface area contributed by atoms with E-state index < -0.39 is 20.9 Å². The summed E-state index contributed by atoms with van der Waals surface area (Å²) in [5.41, 5.74) is 0.820. The fourth-order valence-electron chi connectivity index (χ4n) is 2.61. The number of benzene rings is 3. The van der Waals surface area contributed by atoms with Crippen molar-refractivity contribution in [3.05, 3.63) is 94.5 Å². The van der Waals surface area contributed by atoms with Gasteiger partial charge in [0.2, 0.25) is 0 Å². The lowest BCUT2D eigenvalue weighted by atomic mass is 10.2. The van der Waals surface area contributed by atoms with Gasteiger partial charge < -0.3 is 5.32 Å². The Labute approximate surface area is 167 Å². The molecule has 0 bridgehead atoms. The SMILES string of the molecule is CN(c1ccccc1)S(=O)(=O)c1ccc(NC(=O)c2cccc([N+](=O)[O-])c2)cc1. The summed E-state index contributed by atoms with van der Waals surface area (Å²) in [6, 6.07) is 19.7. The summed E-state index contributed by atoms with van der Waals surface area (Å²) in [7, 11) is -2.30. The Kier molecular flexibility index (Phi) is 5.60. The van der Waals surface area contributed by atoms with Gasteiger partial charge in [-0.15, -0.1) is 0 Å². The minimum atomic E-state index is -3.76. The molecular weight excluding hydrogens is 394 g/mol. The molecule has 0 atom stereocenters. The van der Waals surface area contributed by atoms with E-state index in [0.29, 0.717) is 11.4 Å². The Morgan fingerprint density at radius 3 is 2.24 bits per heavy atom. The largest absolute Gasteiger partial charge is 0.322 e. The molecule has 3 aromatic rings. The maximum atomic E-state index is 12.8. The van der Waals surface area contributed by atoms with Gasteiger partial charge in [0.15, 0.2) is 0 Å². The Morgan fingerprint density at radius 1 is 0.966 bits per heavy atom. The fraction of sp³-hybridized carbons (Fsp3) is 0.0500. The van der Waals surface area contributed by atoms with E-state index in [9.17, 15) is 23.3 Å². The van der Waals surface area contributed by atoms with Crippen LogP contribution in [0.5, 0.6) is 0 Å². The first-order chi connectivity index (χ1) is 13.8. The van der Waals surface area contributed by atoms with E-state index >= 15 is 0 Å². The lowest BCUT2D eigenvalue weighted by molar-refractivity contribution is -0.384. The van der Waals surface area contributed by atoms with Gasteiger partial charge in [-0.3, -0.25) is 19.2 Å². The lowest BCUT2D eigenvalue weighted by Gasteiger charge is -2.19. The number of nitro groups is 1. The first-order valence-corrected chi connectivity index (χ1v) is 9.93. The minimum Gasteiger partial charge on any atom is -0.322 e. The molecule has 29 heavy (non-hydrogen) atoms. The number of carbonyl (C=O) groups excluding carboxylic acids is 1. The van der Waals surface area contributed by atoms with Crippen molar-refractivity contribution in [2.45, 2.75) is 4.90 Å². The normalized spacial score (nSPS) is 10.9. The number of non-ortho nitro benzene ring substituents is 1. The van der Waals surface area contributed by atoms with Crippen molar-refractivity contribution in [1.29, 1.82) is 0 Å². The van der Waals surface area contributed by atoms with Crippen molar-refractivity contribution in [3.8, 4) is 0 Å². The second-order valence-electron chi connectivity index (χ2n) is 6.09. The Balaban J connectivity index is 1.77. The van der Waals surface area contributed by atoms with E-state index in [2.05, 4.69) is 5.32 Å². The van der Waals surface area contributed by atoms with Crippen molar-refractivity contribution in [1.82, 2.24) is 0 Å². The summed E-state index contributed by atoms with van der Waals surface area (Å²) in [5.74, 6) is -0.536. The number of nitro benzene ring substituents is 1. The van der Waals surface area contributed by atoms with Crippen LogP contribution in [-0.4, -0.2) is 26.3 Å². The molecule has 1 N–H and O–H groups in total. The third-order valence-corrected chi connectivity index (χ3v) is 6.01. The maximum absolute atomic E-state index is 12.8. The summed E-state index contributed by atoms with van der Waals surface area (Å²) in [4.78, 5) is 22.6. The molecule has 3 rings (SSSR count). The van der Waals surface area contributed by atoms with Crippen molar-refractivity contribution < 1.29 is 18.1 Å². The third kappa shape index (κ3) is 4.41. The van der Waals surface area contributed by atoms with Gasteiger partial charge in [-0.25, -0.2) is 8.42 Å². The number of hydrogen-bond acceptors (Lipinski definition) is 5. The van der Waals surface area contributed by atoms with Gasteiger partial charge in [0.25, 0.3) is 21.6 Å². The zero-order valence-electron chi connectivity index (χ0n) is 15.3. The van der Waals surface area contributed by atoms with E-state index in [1.54, 1.807) is 30.3 Å². The van der Waals surface area contributed by atoms with Gasteiger partial charge in [-0.05, 0) is 42.5 Å². The van der Waals surface area contributed by atoms with E-state index in [1.807, 2.05) is 0 Å². The number of hydrogen-bond donors (Lipinski definition) is 1. The van der Waals surface area contributed by atoms with Crippen molar-refractivity contribution in [3.63, 3.8) is 0 Å². The van der Waals surface area contributed by atoms with Gasteiger partial charge in [0.05, 0.1) is 15.5 Å². The van der Waals surface area contributed by atoms with E-state index in [1.165, 1.54) is 59.9 Å². The second kappa shape index (κ2) is 8.11.